The largest absolute Gasteiger partial charge is 0.480 e. The van der Waals surface area contributed by atoms with Gasteiger partial charge in [-0.2, -0.15) is 11.8 Å². The molecule has 0 spiro atoms. The molecule has 0 aliphatic carbocycles. The third kappa shape index (κ3) is 10.2. The summed E-state index contributed by atoms with van der Waals surface area (Å²) in [6, 6.07) is -3.38. The Labute approximate surface area is 163 Å². The summed E-state index contributed by atoms with van der Waals surface area (Å²) in [5.41, 5.74) is 5.24. The van der Waals surface area contributed by atoms with E-state index in [4.69, 9.17) is 10.8 Å². The molecule has 0 saturated heterocycles. The molecule has 156 valence electrons. The van der Waals surface area contributed by atoms with E-state index in [1.165, 1.54) is 11.8 Å². The van der Waals surface area contributed by atoms with Crippen LogP contribution in [0.3, 0.4) is 0 Å². The highest BCUT2D eigenvalue weighted by Crippen LogP contribution is 2.06. The van der Waals surface area contributed by atoms with Crippen LogP contribution in [0.15, 0.2) is 0 Å². The van der Waals surface area contributed by atoms with Crippen molar-refractivity contribution in [2.24, 2.45) is 11.7 Å². The lowest BCUT2D eigenvalue weighted by Gasteiger charge is -2.24. The average molecular weight is 407 g/mol. The van der Waals surface area contributed by atoms with Crippen molar-refractivity contribution in [2.45, 2.75) is 44.8 Å². The molecular formula is C16H30N4O6S. The van der Waals surface area contributed by atoms with Crippen molar-refractivity contribution >= 4 is 35.5 Å². The highest BCUT2D eigenvalue weighted by atomic mass is 32.2. The number of nitrogens with one attached hydrogen (secondary N) is 3. The van der Waals surface area contributed by atoms with Crippen LogP contribution in [0.5, 0.6) is 0 Å². The molecule has 10 nitrogen and oxygen atoms in total. The summed E-state index contributed by atoms with van der Waals surface area (Å²) in [5, 5.41) is 25.7. The first kappa shape index (κ1) is 25.1. The fourth-order valence-corrected chi connectivity index (χ4v) is 2.66. The fraction of sp³-hybridized carbons (Fsp3) is 0.750. The molecular weight excluding hydrogens is 376 g/mol. The summed E-state index contributed by atoms with van der Waals surface area (Å²) >= 11 is 1.43. The van der Waals surface area contributed by atoms with Crippen LogP contribution in [0, 0.1) is 5.92 Å². The Bertz CT molecular complexity index is 517. The number of carbonyl (C=O) groups excluding carboxylic acids is 3. The number of hydrogen-bond donors (Lipinski definition) is 6. The van der Waals surface area contributed by atoms with Gasteiger partial charge >= 0.3 is 5.97 Å². The van der Waals surface area contributed by atoms with Gasteiger partial charge in [0.1, 0.15) is 18.1 Å². The molecule has 0 aromatic rings. The third-order valence-corrected chi connectivity index (χ3v) is 4.23. The number of hydrogen-bond acceptors (Lipinski definition) is 7. The molecule has 0 heterocycles. The summed E-state index contributed by atoms with van der Waals surface area (Å²) in [6.07, 6.45) is 2.32. The molecule has 0 aromatic carbocycles. The van der Waals surface area contributed by atoms with Gasteiger partial charge in [0.2, 0.25) is 17.7 Å². The van der Waals surface area contributed by atoms with E-state index in [9.17, 15) is 24.3 Å². The van der Waals surface area contributed by atoms with Crippen LogP contribution >= 0.6 is 11.8 Å². The van der Waals surface area contributed by atoms with Gasteiger partial charge < -0.3 is 31.9 Å². The standard InChI is InChI=1S/C16H30N4O6S/c1-9(2)6-11(18-13(22)7-17)14(23)20-12(8-21)15(24)19-10(16(25)26)4-5-27-3/h9-12,21H,4-8,17H2,1-3H3,(H,18,22)(H,19,24)(H,20,23)(H,25,26)/t10-,11-,12-/m0/s1. The molecule has 0 aliphatic rings. The number of thioether (sulfide) groups is 1. The lowest BCUT2D eigenvalue weighted by atomic mass is 10.0. The minimum Gasteiger partial charge on any atom is -0.480 e. The van der Waals surface area contributed by atoms with Gasteiger partial charge in [-0.3, -0.25) is 14.4 Å². The summed E-state index contributed by atoms with van der Waals surface area (Å²) in [7, 11) is 0. The molecule has 0 unspecified atom stereocenters. The summed E-state index contributed by atoms with van der Waals surface area (Å²) in [5.74, 6) is -2.60. The number of aliphatic hydroxyl groups is 1. The lowest BCUT2D eigenvalue weighted by molar-refractivity contribution is -0.142. The van der Waals surface area contributed by atoms with Gasteiger partial charge in [0.25, 0.3) is 0 Å². The number of carboxylic acids is 1. The maximum atomic E-state index is 12.4. The van der Waals surface area contributed by atoms with Crippen LogP contribution in [0.25, 0.3) is 0 Å². The Morgan fingerprint density at radius 2 is 1.56 bits per heavy atom. The van der Waals surface area contributed by atoms with E-state index in [1.54, 1.807) is 0 Å². The third-order valence-electron chi connectivity index (χ3n) is 3.59. The Morgan fingerprint density at radius 3 is 2.00 bits per heavy atom. The molecule has 3 amide bonds. The van der Waals surface area contributed by atoms with Crippen LogP contribution in [0.1, 0.15) is 26.7 Å². The molecule has 0 rings (SSSR count). The zero-order valence-electron chi connectivity index (χ0n) is 15.9. The van der Waals surface area contributed by atoms with Crippen molar-refractivity contribution in [1.29, 1.82) is 0 Å². The molecule has 0 bridgehead atoms. The van der Waals surface area contributed by atoms with E-state index in [2.05, 4.69) is 16.0 Å². The second-order valence-electron chi connectivity index (χ2n) is 6.38. The average Bonchev–Trinajstić information content (AvgIpc) is 2.61. The second kappa shape index (κ2) is 13.3. The van der Waals surface area contributed by atoms with Gasteiger partial charge in [-0.05, 0) is 30.8 Å². The van der Waals surface area contributed by atoms with Gasteiger partial charge in [0, 0.05) is 0 Å². The van der Waals surface area contributed by atoms with Gasteiger partial charge in [0.15, 0.2) is 0 Å². The van der Waals surface area contributed by atoms with Crippen LogP contribution in [-0.4, -0.2) is 77.2 Å². The monoisotopic (exact) mass is 406 g/mol. The first-order valence-electron chi connectivity index (χ1n) is 8.58. The SMILES string of the molecule is CSCC[C@H](NC(=O)[C@H](CO)NC(=O)[C@H](CC(C)C)NC(=O)CN)C(=O)O. The highest BCUT2D eigenvalue weighted by Gasteiger charge is 2.29. The normalized spacial score (nSPS) is 14.1. The van der Waals surface area contributed by atoms with Crippen LogP contribution in [0.2, 0.25) is 0 Å². The zero-order valence-corrected chi connectivity index (χ0v) is 16.7. The maximum Gasteiger partial charge on any atom is 0.326 e. The van der Waals surface area contributed by atoms with Crippen LogP contribution in [-0.2, 0) is 19.2 Å². The maximum absolute atomic E-state index is 12.4. The number of aliphatic hydroxyl groups excluding tert-OH is 1. The Balaban J connectivity index is 5.02. The van der Waals surface area contributed by atoms with Crippen molar-refractivity contribution in [3.8, 4) is 0 Å². The number of nitrogens with two attached hydrogens (primary N) is 1. The topological polar surface area (TPSA) is 171 Å². The molecule has 0 radical (unpaired) electrons. The number of rotatable bonds is 13. The predicted octanol–water partition coefficient (Wildman–Crippen LogP) is -1.72. The van der Waals surface area contributed by atoms with Gasteiger partial charge in [-0.1, -0.05) is 13.8 Å². The second-order valence-corrected chi connectivity index (χ2v) is 7.36. The Kier molecular flexibility index (Phi) is 12.4. The van der Waals surface area contributed by atoms with Gasteiger partial charge in [0.05, 0.1) is 13.2 Å². The van der Waals surface area contributed by atoms with Crippen molar-refractivity contribution in [3.63, 3.8) is 0 Å². The Hall–Kier alpha value is -1.85. The summed E-state index contributed by atoms with van der Waals surface area (Å²) < 4.78 is 0. The zero-order chi connectivity index (χ0) is 21.0. The van der Waals surface area contributed by atoms with E-state index in [1.807, 2.05) is 20.1 Å². The van der Waals surface area contributed by atoms with E-state index < -0.39 is 48.4 Å². The minimum absolute atomic E-state index is 0.0724. The van der Waals surface area contributed by atoms with E-state index in [0.29, 0.717) is 12.2 Å². The van der Waals surface area contributed by atoms with Gasteiger partial charge in [-0.15, -0.1) is 0 Å². The summed E-state index contributed by atoms with van der Waals surface area (Å²) in [6.45, 7) is 2.70. The van der Waals surface area contributed by atoms with Gasteiger partial charge in [-0.25, -0.2) is 4.79 Å². The highest BCUT2D eigenvalue weighted by molar-refractivity contribution is 7.98. The first-order chi connectivity index (χ1) is 12.7. The molecule has 0 fully saturated rings. The van der Waals surface area contributed by atoms with E-state index >= 15 is 0 Å². The number of carbonyl (C=O) groups is 4. The molecule has 3 atom stereocenters. The molecule has 27 heavy (non-hydrogen) atoms. The predicted molar refractivity (Wildman–Crippen MR) is 102 cm³/mol. The van der Waals surface area contributed by atoms with Crippen molar-refractivity contribution < 1.29 is 29.4 Å². The van der Waals surface area contributed by atoms with Crippen molar-refractivity contribution in [1.82, 2.24) is 16.0 Å². The van der Waals surface area contributed by atoms with Crippen molar-refractivity contribution in [3.05, 3.63) is 0 Å². The fourth-order valence-electron chi connectivity index (χ4n) is 2.19. The van der Waals surface area contributed by atoms with Crippen LogP contribution in [0.4, 0.5) is 0 Å². The molecule has 11 heteroatoms. The lowest BCUT2D eigenvalue weighted by Crippen LogP contribution is -2.57. The van der Waals surface area contributed by atoms with E-state index in [0.717, 1.165) is 0 Å². The number of aliphatic carboxylic acids is 1. The Morgan fingerprint density at radius 1 is 1.00 bits per heavy atom. The molecule has 0 saturated carbocycles. The van der Waals surface area contributed by atoms with Crippen molar-refractivity contribution in [2.75, 3.05) is 25.2 Å². The summed E-state index contributed by atoms with van der Waals surface area (Å²) in [4.78, 5) is 47.4. The van der Waals surface area contributed by atoms with E-state index in [-0.39, 0.29) is 18.9 Å². The smallest absolute Gasteiger partial charge is 0.326 e. The number of carboxylic acid groups (broad SMARTS) is 1. The minimum atomic E-state index is -1.34. The van der Waals surface area contributed by atoms with Crippen LogP contribution < -0.4 is 21.7 Å². The number of amides is 3. The molecule has 0 aromatic heterocycles. The molecule has 7 N–H and O–H groups in total. The first-order valence-corrected chi connectivity index (χ1v) is 9.98. The molecule has 0 aliphatic heterocycles. The quantitative estimate of drug-likeness (QED) is 0.210.